The third kappa shape index (κ3) is 3.00. The topological polar surface area (TPSA) is 82.3 Å². The van der Waals surface area contributed by atoms with E-state index >= 15 is 0 Å². The normalized spacial score (nSPS) is 16.6. The molecule has 0 saturated heterocycles. The average Bonchev–Trinajstić information content (AvgIpc) is 3.25. The van der Waals surface area contributed by atoms with Crippen molar-refractivity contribution in [2.24, 2.45) is 13.0 Å². The van der Waals surface area contributed by atoms with Crippen molar-refractivity contribution in [2.45, 2.75) is 36.4 Å². The van der Waals surface area contributed by atoms with E-state index in [4.69, 9.17) is 9.97 Å². The van der Waals surface area contributed by atoms with E-state index in [0.29, 0.717) is 5.82 Å². The summed E-state index contributed by atoms with van der Waals surface area (Å²) in [5, 5.41) is 14.6. The fourth-order valence-corrected chi connectivity index (χ4v) is 5.72. The maximum absolute atomic E-state index is 4.90. The summed E-state index contributed by atoms with van der Waals surface area (Å²) in [6.45, 7) is 2.32. The van der Waals surface area contributed by atoms with Gasteiger partial charge >= 0.3 is 0 Å². The van der Waals surface area contributed by atoms with Crippen LogP contribution in [0.4, 0.5) is 0 Å². The Balaban J connectivity index is 1.72. The first-order chi connectivity index (χ1) is 13.2. The number of thiophene rings is 1. The van der Waals surface area contributed by atoms with E-state index in [-0.39, 0.29) is 0 Å². The molecule has 4 aromatic heterocycles. The zero-order valence-electron chi connectivity index (χ0n) is 15.0. The number of pyridine rings is 1. The highest BCUT2D eigenvalue weighted by Gasteiger charge is 2.25. The predicted octanol–water partition coefficient (Wildman–Crippen LogP) is 3.55. The van der Waals surface area contributed by atoms with Crippen molar-refractivity contribution in [1.82, 2.24) is 35.2 Å². The fraction of sp³-hybridized carbons (Fsp3) is 0.333. The van der Waals surface area contributed by atoms with Crippen LogP contribution in [0.3, 0.4) is 0 Å². The molecule has 5 rings (SSSR count). The summed E-state index contributed by atoms with van der Waals surface area (Å²) in [5.74, 6) is 1.41. The van der Waals surface area contributed by atoms with Crippen molar-refractivity contribution in [2.75, 3.05) is 0 Å². The van der Waals surface area contributed by atoms with Gasteiger partial charge < -0.3 is 0 Å². The summed E-state index contributed by atoms with van der Waals surface area (Å²) in [6, 6.07) is 3.89. The van der Waals surface area contributed by atoms with Gasteiger partial charge in [0.2, 0.25) is 5.16 Å². The molecule has 0 bridgehead atoms. The maximum atomic E-state index is 4.90. The minimum absolute atomic E-state index is 0.694. The lowest BCUT2D eigenvalue weighted by Crippen LogP contribution is -2.08. The van der Waals surface area contributed by atoms with Gasteiger partial charge in [-0.1, -0.05) is 6.92 Å². The average molecular weight is 396 g/mol. The lowest BCUT2D eigenvalue weighted by Gasteiger charge is -2.18. The SMILES string of the molecule is C[C@H]1CCc2c(sc3nc(-c4cccnc4)nc(Sc4nnnn4C)c23)C1. The van der Waals surface area contributed by atoms with Gasteiger partial charge in [-0.05, 0) is 65.1 Å². The second kappa shape index (κ2) is 6.65. The van der Waals surface area contributed by atoms with Crippen LogP contribution in [0.25, 0.3) is 21.6 Å². The van der Waals surface area contributed by atoms with Crippen molar-refractivity contribution in [3.8, 4) is 11.4 Å². The highest BCUT2D eigenvalue weighted by molar-refractivity contribution is 7.99. The minimum atomic E-state index is 0.694. The quantitative estimate of drug-likeness (QED) is 0.491. The van der Waals surface area contributed by atoms with Gasteiger partial charge in [0.15, 0.2) is 5.82 Å². The lowest BCUT2D eigenvalue weighted by atomic mass is 9.89. The Bertz CT molecular complexity index is 1120. The van der Waals surface area contributed by atoms with Crippen molar-refractivity contribution in [3.63, 3.8) is 0 Å². The van der Waals surface area contributed by atoms with Crippen molar-refractivity contribution in [1.29, 1.82) is 0 Å². The number of fused-ring (bicyclic) bond motifs is 3. The number of nitrogens with zero attached hydrogens (tertiary/aromatic N) is 7. The van der Waals surface area contributed by atoms with E-state index in [9.17, 15) is 0 Å². The van der Waals surface area contributed by atoms with Gasteiger partial charge in [0.25, 0.3) is 0 Å². The van der Waals surface area contributed by atoms with E-state index in [2.05, 4.69) is 27.4 Å². The zero-order valence-corrected chi connectivity index (χ0v) is 16.6. The molecule has 1 aliphatic carbocycles. The Kier molecular flexibility index (Phi) is 4.13. The number of hydrogen-bond acceptors (Lipinski definition) is 8. The number of aromatic nitrogens is 7. The molecule has 0 radical (unpaired) electrons. The molecule has 0 N–H and O–H groups in total. The van der Waals surface area contributed by atoms with Gasteiger partial charge in [0.1, 0.15) is 9.86 Å². The van der Waals surface area contributed by atoms with Crippen LogP contribution in [0.2, 0.25) is 0 Å². The van der Waals surface area contributed by atoms with E-state index in [1.165, 1.54) is 34.0 Å². The third-order valence-electron chi connectivity index (χ3n) is 4.81. The van der Waals surface area contributed by atoms with Crippen LogP contribution in [-0.4, -0.2) is 35.2 Å². The molecule has 0 amide bonds. The van der Waals surface area contributed by atoms with Crippen LogP contribution >= 0.6 is 23.1 Å². The number of hydrogen-bond donors (Lipinski definition) is 0. The molecule has 4 heterocycles. The zero-order chi connectivity index (χ0) is 18.4. The molecule has 7 nitrogen and oxygen atoms in total. The number of aryl methyl sites for hydroxylation is 2. The molecule has 27 heavy (non-hydrogen) atoms. The Morgan fingerprint density at radius 3 is 3.00 bits per heavy atom. The first-order valence-corrected chi connectivity index (χ1v) is 10.4. The van der Waals surface area contributed by atoms with Gasteiger partial charge in [-0.15, -0.1) is 16.4 Å². The summed E-state index contributed by atoms with van der Waals surface area (Å²) in [6.07, 6.45) is 6.97. The first-order valence-electron chi connectivity index (χ1n) is 8.82. The Morgan fingerprint density at radius 1 is 1.30 bits per heavy atom. The van der Waals surface area contributed by atoms with E-state index in [0.717, 1.165) is 39.3 Å². The lowest BCUT2D eigenvalue weighted by molar-refractivity contribution is 0.509. The molecule has 0 fully saturated rings. The Morgan fingerprint density at radius 2 is 2.22 bits per heavy atom. The second-order valence-corrected chi connectivity index (χ2v) is 8.85. The molecule has 1 atom stereocenters. The molecule has 9 heteroatoms. The molecule has 0 spiro atoms. The summed E-state index contributed by atoms with van der Waals surface area (Å²) in [4.78, 5) is 16.5. The highest BCUT2D eigenvalue weighted by Crippen LogP contribution is 2.42. The van der Waals surface area contributed by atoms with E-state index < -0.39 is 0 Å². The summed E-state index contributed by atoms with van der Waals surface area (Å²) in [7, 11) is 1.84. The molecule has 1 aliphatic rings. The monoisotopic (exact) mass is 395 g/mol. The largest absolute Gasteiger partial charge is 0.264 e. The van der Waals surface area contributed by atoms with Crippen LogP contribution in [0.1, 0.15) is 23.8 Å². The van der Waals surface area contributed by atoms with E-state index in [1.807, 2.05) is 19.2 Å². The summed E-state index contributed by atoms with van der Waals surface area (Å²) < 4.78 is 1.67. The minimum Gasteiger partial charge on any atom is -0.264 e. The maximum Gasteiger partial charge on any atom is 0.215 e. The number of rotatable bonds is 3. The molecule has 0 aromatic carbocycles. The van der Waals surface area contributed by atoms with Crippen molar-refractivity contribution < 1.29 is 0 Å². The molecular weight excluding hydrogens is 378 g/mol. The molecule has 0 aliphatic heterocycles. The molecule has 0 unspecified atom stereocenters. The first kappa shape index (κ1) is 16.8. The van der Waals surface area contributed by atoms with E-state index in [1.54, 1.807) is 28.4 Å². The van der Waals surface area contributed by atoms with Crippen LogP contribution in [0.5, 0.6) is 0 Å². The van der Waals surface area contributed by atoms with Crippen molar-refractivity contribution in [3.05, 3.63) is 35.0 Å². The standard InChI is InChI=1S/C18H17N7S2/c1-10-5-6-12-13(8-10)26-16-14(12)17(27-18-22-23-24-25(18)2)21-15(20-16)11-4-3-7-19-9-11/h3-4,7,9-10H,5-6,8H2,1-2H3/t10-/m0/s1. The van der Waals surface area contributed by atoms with Crippen LogP contribution in [0.15, 0.2) is 34.7 Å². The second-order valence-electron chi connectivity index (χ2n) is 6.81. The predicted molar refractivity (Wildman–Crippen MR) is 105 cm³/mol. The Labute approximate surface area is 164 Å². The molecular formula is C18H17N7S2. The van der Waals surface area contributed by atoms with Crippen LogP contribution in [0, 0.1) is 5.92 Å². The molecule has 136 valence electrons. The summed E-state index contributed by atoms with van der Waals surface area (Å²) in [5.41, 5.74) is 2.32. The fourth-order valence-electron chi connectivity index (χ4n) is 3.40. The van der Waals surface area contributed by atoms with Crippen LogP contribution < -0.4 is 0 Å². The van der Waals surface area contributed by atoms with Gasteiger partial charge in [0.05, 0.1) is 0 Å². The van der Waals surface area contributed by atoms with Gasteiger partial charge in [-0.2, -0.15) is 0 Å². The molecule has 4 aromatic rings. The highest BCUT2D eigenvalue weighted by atomic mass is 32.2. The number of tetrazole rings is 1. The van der Waals surface area contributed by atoms with Gasteiger partial charge in [-0.25, -0.2) is 14.6 Å². The third-order valence-corrected chi connectivity index (χ3v) is 6.98. The summed E-state index contributed by atoms with van der Waals surface area (Å²) >= 11 is 3.30. The van der Waals surface area contributed by atoms with Gasteiger partial charge in [-0.3, -0.25) is 4.98 Å². The van der Waals surface area contributed by atoms with Gasteiger partial charge in [0, 0.05) is 35.3 Å². The smallest absolute Gasteiger partial charge is 0.215 e. The Hall–Kier alpha value is -2.39. The molecule has 0 saturated carbocycles. The van der Waals surface area contributed by atoms with Crippen LogP contribution in [-0.2, 0) is 19.9 Å². The van der Waals surface area contributed by atoms with Crippen molar-refractivity contribution >= 4 is 33.3 Å².